The Kier molecular flexibility index (Phi) is 4.40. The van der Waals surface area contributed by atoms with Crippen LogP contribution < -0.4 is 5.32 Å². The zero-order valence-corrected chi connectivity index (χ0v) is 9.39. The molecule has 0 bridgehead atoms. The van der Waals surface area contributed by atoms with Crippen molar-refractivity contribution >= 4 is 5.91 Å². The number of halogens is 2. The van der Waals surface area contributed by atoms with Crippen molar-refractivity contribution in [3.63, 3.8) is 0 Å². The lowest BCUT2D eigenvalue weighted by Gasteiger charge is -2.11. The molecule has 0 fully saturated rings. The maximum Gasteiger partial charge on any atom is 0.224 e. The van der Waals surface area contributed by atoms with Crippen molar-refractivity contribution in [2.24, 2.45) is 0 Å². The SMILES string of the molecule is CCC(C)NC(=O)Cc1cccc(F)c1F. The minimum atomic E-state index is -0.943. The van der Waals surface area contributed by atoms with E-state index in [9.17, 15) is 13.6 Å². The smallest absolute Gasteiger partial charge is 0.224 e. The second-order valence-corrected chi connectivity index (χ2v) is 3.77. The van der Waals surface area contributed by atoms with Gasteiger partial charge in [0.15, 0.2) is 11.6 Å². The molecule has 1 unspecified atom stereocenters. The monoisotopic (exact) mass is 227 g/mol. The zero-order valence-electron chi connectivity index (χ0n) is 9.39. The molecule has 16 heavy (non-hydrogen) atoms. The molecule has 0 aliphatic carbocycles. The predicted octanol–water partition coefficient (Wildman–Crippen LogP) is 2.42. The number of carbonyl (C=O) groups is 1. The highest BCUT2D eigenvalue weighted by Crippen LogP contribution is 2.11. The average molecular weight is 227 g/mol. The van der Waals surface area contributed by atoms with E-state index in [4.69, 9.17) is 0 Å². The number of rotatable bonds is 4. The van der Waals surface area contributed by atoms with Crippen molar-refractivity contribution in [3.05, 3.63) is 35.4 Å². The van der Waals surface area contributed by atoms with Gasteiger partial charge in [-0.3, -0.25) is 4.79 Å². The Bertz CT molecular complexity index is 379. The minimum Gasteiger partial charge on any atom is -0.353 e. The molecule has 0 heterocycles. The highest BCUT2D eigenvalue weighted by Gasteiger charge is 2.12. The maximum absolute atomic E-state index is 13.2. The predicted molar refractivity (Wildman–Crippen MR) is 58.0 cm³/mol. The van der Waals surface area contributed by atoms with Crippen molar-refractivity contribution < 1.29 is 13.6 Å². The molecule has 1 aromatic carbocycles. The van der Waals surface area contributed by atoms with Gasteiger partial charge < -0.3 is 5.32 Å². The Hall–Kier alpha value is -1.45. The van der Waals surface area contributed by atoms with E-state index in [0.717, 1.165) is 12.5 Å². The Morgan fingerprint density at radius 1 is 1.44 bits per heavy atom. The Labute approximate surface area is 93.7 Å². The van der Waals surface area contributed by atoms with Crippen LogP contribution in [-0.4, -0.2) is 11.9 Å². The highest BCUT2D eigenvalue weighted by molar-refractivity contribution is 5.78. The topological polar surface area (TPSA) is 29.1 Å². The molecule has 1 N–H and O–H groups in total. The summed E-state index contributed by atoms with van der Waals surface area (Å²) in [4.78, 5) is 11.4. The summed E-state index contributed by atoms with van der Waals surface area (Å²) in [5, 5.41) is 2.70. The molecule has 1 amide bonds. The number of carbonyl (C=O) groups excluding carboxylic acids is 1. The normalized spacial score (nSPS) is 12.2. The lowest BCUT2D eigenvalue weighted by molar-refractivity contribution is -0.121. The second-order valence-electron chi connectivity index (χ2n) is 3.77. The molecule has 88 valence electrons. The largest absolute Gasteiger partial charge is 0.353 e. The van der Waals surface area contributed by atoms with Crippen molar-refractivity contribution in [3.8, 4) is 0 Å². The summed E-state index contributed by atoms with van der Waals surface area (Å²) < 4.78 is 26.1. The third-order valence-corrected chi connectivity index (χ3v) is 2.40. The van der Waals surface area contributed by atoms with Gasteiger partial charge in [-0.05, 0) is 19.4 Å². The first-order valence-corrected chi connectivity index (χ1v) is 5.26. The van der Waals surface area contributed by atoms with Gasteiger partial charge >= 0.3 is 0 Å². The molecule has 1 aromatic rings. The summed E-state index contributed by atoms with van der Waals surface area (Å²) in [6.45, 7) is 3.80. The Balaban J connectivity index is 2.66. The van der Waals surface area contributed by atoms with Gasteiger partial charge in [-0.15, -0.1) is 0 Å². The second kappa shape index (κ2) is 5.58. The molecule has 0 spiro atoms. The fourth-order valence-electron chi connectivity index (χ4n) is 1.29. The Morgan fingerprint density at radius 2 is 2.12 bits per heavy atom. The van der Waals surface area contributed by atoms with Gasteiger partial charge in [0.2, 0.25) is 5.91 Å². The lowest BCUT2D eigenvalue weighted by atomic mass is 10.1. The summed E-state index contributed by atoms with van der Waals surface area (Å²) in [6, 6.07) is 3.88. The summed E-state index contributed by atoms with van der Waals surface area (Å²) in [5.74, 6) is -2.16. The first-order chi connectivity index (χ1) is 7.54. The number of hydrogen-bond acceptors (Lipinski definition) is 1. The van der Waals surface area contributed by atoms with E-state index < -0.39 is 11.6 Å². The molecule has 4 heteroatoms. The van der Waals surface area contributed by atoms with Crippen molar-refractivity contribution in [2.45, 2.75) is 32.7 Å². The molecule has 1 rings (SSSR count). The van der Waals surface area contributed by atoms with Crippen LogP contribution in [0.2, 0.25) is 0 Å². The Morgan fingerprint density at radius 3 is 2.75 bits per heavy atom. The molecule has 0 aliphatic rings. The van der Waals surface area contributed by atoms with E-state index in [0.29, 0.717) is 0 Å². The van der Waals surface area contributed by atoms with Crippen LogP contribution in [0.4, 0.5) is 8.78 Å². The third-order valence-electron chi connectivity index (χ3n) is 2.40. The van der Waals surface area contributed by atoms with Gasteiger partial charge in [0.25, 0.3) is 0 Å². The van der Waals surface area contributed by atoms with E-state index in [1.807, 2.05) is 13.8 Å². The quantitative estimate of drug-likeness (QED) is 0.841. The fraction of sp³-hybridized carbons (Fsp3) is 0.417. The molecular weight excluding hydrogens is 212 g/mol. The molecule has 0 radical (unpaired) electrons. The summed E-state index contributed by atoms with van der Waals surface area (Å²) in [6.07, 6.45) is 0.672. The highest BCUT2D eigenvalue weighted by atomic mass is 19.2. The molecule has 0 aliphatic heterocycles. The average Bonchev–Trinajstić information content (AvgIpc) is 2.24. The van der Waals surface area contributed by atoms with Crippen molar-refractivity contribution in [2.75, 3.05) is 0 Å². The van der Waals surface area contributed by atoms with Crippen molar-refractivity contribution in [1.82, 2.24) is 5.32 Å². The van der Waals surface area contributed by atoms with Crippen LogP contribution >= 0.6 is 0 Å². The van der Waals surface area contributed by atoms with E-state index >= 15 is 0 Å². The van der Waals surface area contributed by atoms with Crippen molar-refractivity contribution in [1.29, 1.82) is 0 Å². The van der Waals surface area contributed by atoms with Crippen LogP contribution in [0.25, 0.3) is 0 Å². The maximum atomic E-state index is 13.2. The van der Waals surface area contributed by atoms with Crippen LogP contribution in [0, 0.1) is 11.6 Å². The summed E-state index contributed by atoms with van der Waals surface area (Å²) in [5.41, 5.74) is 0.0841. The standard InChI is InChI=1S/C12H15F2NO/c1-3-8(2)15-11(16)7-9-5-4-6-10(13)12(9)14/h4-6,8H,3,7H2,1-2H3,(H,15,16). The van der Waals surface area contributed by atoms with Gasteiger partial charge in [0, 0.05) is 11.6 Å². The molecule has 0 saturated heterocycles. The number of nitrogens with one attached hydrogen (secondary N) is 1. The van der Waals surface area contributed by atoms with E-state index in [2.05, 4.69) is 5.32 Å². The van der Waals surface area contributed by atoms with Crippen LogP contribution in [-0.2, 0) is 11.2 Å². The van der Waals surface area contributed by atoms with E-state index in [1.54, 1.807) is 0 Å². The molecular formula is C12H15F2NO. The van der Waals surface area contributed by atoms with Crippen LogP contribution in [0.1, 0.15) is 25.8 Å². The van der Waals surface area contributed by atoms with Gasteiger partial charge in [-0.25, -0.2) is 8.78 Å². The molecule has 1 atom stereocenters. The first-order valence-electron chi connectivity index (χ1n) is 5.26. The first kappa shape index (κ1) is 12.6. The van der Waals surface area contributed by atoms with Crippen LogP contribution in [0.3, 0.4) is 0 Å². The van der Waals surface area contributed by atoms with E-state index in [1.165, 1.54) is 12.1 Å². The van der Waals surface area contributed by atoms with Gasteiger partial charge in [0.1, 0.15) is 0 Å². The number of benzene rings is 1. The third kappa shape index (κ3) is 3.29. The van der Waals surface area contributed by atoms with E-state index in [-0.39, 0.29) is 23.9 Å². The van der Waals surface area contributed by atoms with Gasteiger partial charge in [0.05, 0.1) is 6.42 Å². The zero-order chi connectivity index (χ0) is 12.1. The van der Waals surface area contributed by atoms with Gasteiger partial charge in [-0.1, -0.05) is 19.1 Å². The summed E-state index contributed by atoms with van der Waals surface area (Å²) >= 11 is 0. The van der Waals surface area contributed by atoms with Crippen LogP contribution in [0.5, 0.6) is 0 Å². The minimum absolute atomic E-state index is 0.0455. The number of hydrogen-bond donors (Lipinski definition) is 1. The lowest BCUT2D eigenvalue weighted by Crippen LogP contribution is -2.33. The molecule has 2 nitrogen and oxygen atoms in total. The molecule has 0 saturated carbocycles. The van der Waals surface area contributed by atoms with Crippen LogP contribution in [0.15, 0.2) is 18.2 Å². The fourth-order valence-corrected chi connectivity index (χ4v) is 1.29. The molecule has 0 aromatic heterocycles. The summed E-state index contributed by atoms with van der Waals surface area (Å²) in [7, 11) is 0. The number of amides is 1. The van der Waals surface area contributed by atoms with Gasteiger partial charge in [-0.2, -0.15) is 0 Å².